The van der Waals surface area contributed by atoms with Gasteiger partial charge >= 0.3 is 5.97 Å². The Morgan fingerprint density at radius 2 is 2.06 bits per heavy atom. The molecule has 0 aliphatic rings. The second kappa shape index (κ2) is 5.20. The van der Waals surface area contributed by atoms with Crippen LogP contribution in [0, 0.1) is 6.92 Å². The van der Waals surface area contributed by atoms with Crippen molar-refractivity contribution in [1.29, 1.82) is 0 Å². The summed E-state index contributed by atoms with van der Waals surface area (Å²) in [5.74, 6) is -0.260. The molecule has 0 amide bonds. The number of rotatable bonds is 4. The predicted molar refractivity (Wildman–Crippen MR) is 74.8 cm³/mol. The molecule has 0 aliphatic heterocycles. The third-order valence-corrected chi connectivity index (χ3v) is 5.05. The molecule has 0 bridgehead atoms. The highest BCUT2D eigenvalue weighted by Gasteiger charge is 2.20. The van der Waals surface area contributed by atoms with Crippen molar-refractivity contribution in [3.05, 3.63) is 21.4 Å². The van der Waals surface area contributed by atoms with Crippen molar-refractivity contribution in [3.63, 3.8) is 0 Å². The Balaban J connectivity index is 2.46. The number of esters is 1. The number of carbonyl (C=O) groups is 2. The summed E-state index contributed by atoms with van der Waals surface area (Å²) in [6.45, 7) is 5.71. The van der Waals surface area contributed by atoms with Gasteiger partial charge in [0.2, 0.25) is 0 Å². The van der Waals surface area contributed by atoms with Crippen LogP contribution in [0.2, 0.25) is 0 Å². The largest absolute Gasteiger partial charge is 0.466 e. The molecule has 2 aromatic rings. The zero-order valence-corrected chi connectivity index (χ0v) is 12.2. The van der Waals surface area contributed by atoms with Crippen molar-refractivity contribution < 1.29 is 14.3 Å². The molecule has 0 aliphatic carbocycles. The molecule has 5 heteroatoms. The Hall–Kier alpha value is -1.20. The Morgan fingerprint density at radius 3 is 2.67 bits per heavy atom. The molecule has 0 saturated heterocycles. The molecule has 0 atom stereocenters. The molecule has 0 saturated carbocycles. The summed E-state index contributed by atoms with van der Waals surface area (Å²) in [5, 5.41) is 1.03. The molecule has 96 valence electrons. The van der Waals surface area contributed by atoms with Crippen molar-refractivity contribution in [2.75, 3.05) is 6.61 Å². The zero-order chi connectivity index (χ0) is 13.3. The van der Waals surface area contributed by atoms with E-state index in [0.717, 1.165) is 15.0 Å². The third kappa shape index (κ3) is 2.47. The zero-order valence-electron chi connectivity index (χ0n) is 10.5. The van der Waals surface area contributed by atoms with Gasteiger partial charge in [-0.1, -0.05) is 0 Å². The Kier molecular flexibility index (Phi) is 3.82. The van der Waals surface area contributed by atoms with Crippen LogP contribution in [0.25, 0.3) is 9.40 Å². The fourth-order valence-corrected chi connectivity index (χ4v) is 4.37. The number of carbonyl (C=O) groups excluding carboxylic acids is 2. The number of aryl methyl sites for hydroxylation is 1. The molecule has 0 spiro atoms. The fourth-order valence-electron chi connectivity index (χ4n) is 1.87. The topological polar surface area (TPSA) is 43.4 Å². The van der Waals surface area contributed by atoms with E-state index in [1.54, 1.807) is 18.3 Å². The van der Waals surface area contributed by atoms with Crippen LogP contribution in [-0.4, -0.2) is 18.4 Å². The standard InChI is InChI=1S/C13H14O3S2/c1-4-16-11(15)6-9-10-5-7(2)17-13(10)18-12(9)8(3)14/h5H,4,6H2,1-3H3. The van der Waals surface area contributed by atoms with Crippen molar-refractivity contribution in [2.45, 2.75) is 27.2 Å². The number of ketones is 1. The summed E-state index contributed by atoms with van der Waals surface area (Å²) >= 11 is 3.13. The molecule has 18 heavy (non-hydrogen) atoms. The van der Waals surface area contributed by atoms with Gasteiger partial charge in [-0.2, -0.15) is 0 Å². The maximum atomic E-state index is 11.6. The van der Waals surface area contributed by atoms with E-state index in [2.05, 4.69) is 0 Å². The minimum atomic E-state index is -0.274. The van der Waals surface area contributed by atoms with Crippen LogP contribution in [0.3, 0.4) is 0 Å². The molecular formula is C13H14O3S2. The first kappa shape index (κ1) is 13.2. The minimum Gasteiger partial charge on any atom is -0.466 e. The lowest BCUT2D eigenvalue weighted by Gasteiger charge is -2.02. The molecule has 0 unspecified atom stereocenters. The first-order chi connectivity index (χ1) is 8.52. The van der Waals surface area contributed by atoms with Crippen molar-refractivity contribution in [2.24, 2.45) is 0 Å². The van der Waals surface area contributed by atoms with Gasteiger partial charge < -0.3 is 4.74 Å². The van der Waals surface area contributed by atoms with Crippen LogP contribution in [0.1, 0.15) is 34.0 Å². The lowest BCUT2D eigenvalue weighted by atomic mass is 10.1. The normalized spacial score (nSPS) is 10.8. The molecule has 0 aromatic carbocycles. The Bertz CT molecular complexity index is 607. The van der Waals surface area contributed by atoms with Crippen molar-refractivity contribution in [1.82, 2.24) is 0 Å². The average molecular weight is 282 g/mol. The first-order valence-electron chi connectivity index (χ1n) is 5.71. The quantitative estimate of drug-likeness (QED) is 0.636. The highest BCUT2D eigenvalue weighted by atomic mass is 32.2. The highest BCUT2D eigenvalue weighted by molar-refractivity contribution is 7.39. The lowest BCUT2D eigenvalue weighted by Crippen LogP contribution is -2.09. The molecule has 0 fully saturated rings. The van der Waals surface area contributed by atoms with Crippen LogP contribution in [0.4, 0.5) is 0 Å². The second-order valence-corrected chi connectivity index (χ2v) is 6.54. The maximum Gasteiger partial charge on any atom is 0.310 e. The number of fused-ring (bicyclic) bond motifs is 1. The van der Waals surface area contributed by atoms with E-state index in [1.807, 2.05) is 13.0 Å². The lowest BCUT2D eigenvalue weighted by molar-refractivity contribution is -0.142. The fraction of sp³-hybridized carbons (Fsp3) is 0.385. The number of thiophene rings is 2. The van der Waals surface area contributed by atoms with Crippen LogP contribution < -0.4 is 0 Å². The third-order valence-electron chi connectivity index (χ3n) is 2.56. The summed E-state index contributed by atoms with van der Waals surface area (Å²) in [5.41, 5.74) is 0.824. The second-order valence-electron chi connectivity index (χ2n) is 4.01. The summed E-state index contributed by atoms with van der Waals surface area (Å²) in [6.07, 6.45) is 0.179. The molecule has 0 radical (unpaired) electrons. The molecule has 2 rings (SSSR count). The summed E-state index contributed by atoms with van der Waals surface area (Å²) in [7, 11) is 0. The van der Waals surface area contributed by atoms with Crippen LogP contribution in [-0.2, 0) is 16.0 Å². The number of hydrogen-bond donors (Lipinski definition) is 0. The van der Waals surface area contributed by atoms with Gasteiger partial charge in [-0.15, -0.1) is 22.7 Å². The van der Waals surface area contributed by atoms with Gasteiger partial charge in [-0.3, -0.25) is 9.59 Å². The summed E-state index contributed by atoms with van der Waals surface area (Å²) in [6, 6.07) is 2.04. The smallest absolute Gasteiger partial charge is 0.310 e. The monoisotopic (exact) mass is 282 g/mol. The Morgan fingerprint density at radius 1 is 1.33 bits per heavy atom. The Labute approximate surface area is 113 Å². The number of hydrogen-bond acceptors (Lipinski definition) is 5. The first-order valence-corrected chi connectivity index (χ1v) is 7.34. The van der Waals surface area contributed by atoms with Gasteiger partial charge in [-0.25, -0.2) is 0 Å². The van der Waals surface area contributed by atoms with Gasteiger partial charge in [0.1, 0.15) is 0 Å². The van der Waals surface area contributed by atoms with Crippen molar-refractivity contribution >= 4 is 43.8 Å². The van der Waals surface area contributed by atoms with E-state index in [9.17, 15) is 9.59 Å². The highest BCUT2D eigenvalue weighted by Crippen LogP contribution is 2.38. The molecule has 3 nitrogen and oxygen atoms in total. The van der Waals surface area contributed by atoms with Gasteiger partial charge in [0, 0.05) is 10.3 Å². The van der Waals surface area contributed by atoms with Crippen molar-refractivity contribution in [3.8, 4) is 0 Å². The van der Waals surface area contributed by atoms with E-state index in [-0.39, 0.29) is 18.2 Å². The number of ether oxygens (including phenoxy) is 1. The van der Waals surface area contributed by atoms with Crippen LogP contribution in [0.15, 0.2) is 6.07 Å². The van der Waals surface area contributed by atoms with Gasteiger partial charge in [-0.05, 0) is 32.4 Å². The SMILES string of the molecule is CCOC(=O)Cc1c(C(C)=O)sc2sc(C)cc12. The predicted octanol–water partition coefficient (Wildman–Crippen LogP) is 3.58. The molecule has 0 N–H and O–H groups in total. The van der Waals surface area contributed by atoms with E-state index in [0.29, 0.717) is 11.5 Å². The van der Waals surface area contributed by atoms with E-state index >= 15 is 0 Å². The van der Waals surface area contributed by atoms with Gasteiger partial charge in [0.25, 0.3) is 0 Å². The number of Topliss-reactive ketones (excluding diaryl/α,β-unsaturated/α-hetero) is 1. The maximum absolute atomic E-state index is 11.6. The summed E-state index contributed by atoms with van der Waals surface area (Å²) in [4.78, 5) is 25.1. The molecule has 2 heterocycles. The molecule has 2 aromatic heterocycles. The summed E-state index contributed by atoms with van der Waals surface area (Å²) < 4.78 is 6.07. The van der Waals surface area contributed by atoms with Crippen LogP contribution in [0.5, 0.6) is 0 Å². The van der Waals surface area contributed by atoms with E-state index < -0.39 is 0 Å². The van der Waals surface area contributed by atoms with Crippen LogP contribution >= 0.6 is 22.7 Å². The van der Waals surface area contributed by atoms with Gasteiger partial charge in [0.05, 0.1) is 21.9 Å². The molecular weight excluding hydrogens is 268 g/mol. The average Bonchev–Trinajstić information content (AvgIpc) is 2.77. The van der Waals surface area contributed by atoms with E-state index in [4.69, 9.17) is 4.74 Å². The van der Waals surface area contributed by atoms with E-state index in [1.165, 1.54) is 23.1 Å². The minimum absolute atomic E-state index is 0.0142. The van der Waals surface area contributed by atoms with Gasteiger partial charge in [0.15, 0.2) is 5.78 Å².